The van der Waals surface area contributed by atoms with Crippen molar-refractivity contribution in [3.8, 4) is 0 Å². The summed E-state index contributed by atoms with van der Waals surface area (Å²) >= 11 is 5.41. The molecule has 1 atom stereocenters. The molecule has 0 radical (unpaired) electrons. The van der Waals surface area contributed by atoms with Crippen LogP contribution in [0.4, 0.5) is 0 Å². The lowest BCUT2D eigenvalue weighted by molar-refractivity contribution is -0.873. The summed E-state index contributed by atoms with van der Waals surface area (Å²) in [6.07, 6.45) is -0.395. The first-order chi connectivity index (χ1) is 5.45. The molecule has 4 heteroatoms. The zero-order chi connectivity index (χ0) is 9.61. The van der Waals surface area contributed by atoms with Gasteiger partial charge in [-0.05, 0) is 0 Å². The van der Waals surface area contributed by atoms with Crippen molar-refractivity contribution in [1.29, 1.82) is 0 Å². The molecule has 0 aromatic rings. The molecule has 0 fully saturated rings. The van der Waals surface area contributed by atoms with E-state index in [2.05, 4.69) is 0 Å². The number of rotatable bonds is 6. The van der Waals surface area contributed by atoms with Crippen LogP contribution in [0.3, 0.4) is 0 Å². The highest BCUT2D eigenvalue weighted by molar-refractivity contribution is 6.17. The van der Waals surface area contributed by atoms with Gasteiger partial charge in [-0.1, -0.05) is 0 Å². The Morgan fingerprint density at radius 1 is 1.42 bits per heavy atom. The van der Waals surface area contributed by atoms with Crippen LogP contribution < -0.4 is 0 Å². The summed E-state index contributed by atoms with van der Waals surface area (Å²) in [4.78, 5) is 0. The van der Waals surface area contributed by atoms with Gasteiger partial charge >= 0.3 is 0 Å². The van der Waals surface area contributed by atoms with Gasteiger partial charge in [0.15, 0.2) is 0 Å². The van der Waals surface area contributed by atoms with Crippen molar-refractivity contribution in [3.63, 3.8) is 0 Å². The maximum Gasteiger partial charge on any atom is 0.126 e. The Morgan fingerprint density at radius 2 is 2.00 bits per heavy atom. The maximum atomic E-state index is 9.43. The predicted molar refractivity (Wildman–Crippen MR) is 50.4 cm³/mol. The van der Waals surface area contributed by atoms with Gasteiger partial charge in [0.1, 0.15) is 12.6 Å². The largest absolute Gasteiger partial charge is 0.385 e. The summed E-state index contributed by atoms with van der Waals surface area (Å²) in [6.45, 7) is 1.58. The third-order valence-electron chi connectivity index (χ3n) is 1.29. The average Bonchev–Trinajstić information content (AvgIpc) is 1.84. The molecule has 74 valence electrons. The van der Waals surface area contributed by atoms with E-state index in [0.717, 1.165) is 4.48 Å². The second-order valence-corrected chi connectivity index (χ2v) is 4.27. The minimum Gasteiger partial charge on any atom is -0.385 e. The normalized spacial score (nSPS) is 14.8. The molecule has 0 saturated heterocycles. The molecule has 0 aromatic heterocycles. The molecule has 0 spiro atoms. The Balaban J connectivity index is 3.40. The highest BCUT2D eigenvalue weighted by atomic mass is 35.5. The molecule has 0 rings (SSSR count). The molecule has 1 unspecified atom stereocenters. The van der Waals surface area contributed by atoms with Crippen LogP contribution in [0.25, 0.3) is 0 Å². The Hall–Kier alpha value is 0.170. The van der Waals surface area contributed by atoms with Gasteiger partial charge in [0.25, 0.3) is 0 Å². The molecule has 3 nitrogen and oxygen atoms in total. The molecule has 0 aliphatic heterocycles. The van der Waals surface area contributed by atoms with E-state index in [4.69, 9.17) is 16.3 Å². The summed E-state index contributed by atoms with van der Waals surface area (Å²) in [5.41, 5.74) is 0. The fourth-order valence-electron chi connectivity index (χ4n) is 0.959. The molecular formula is C8H19ClNO2+. The number of nitrogens with zero attached hydrogens (tertiary/aromatic N) is 1. The van der Waals surface area contributed by atoms with E-state index in [0.29, 0.717) is 25.6 Å². The predicted octanol–water partition coefficient (Wildman–Crippen LogP) is 0.309. The van der Waals surface area contributed by atoms with Crippen LogP contribution in [0, 0.1) is 0 Å². The van der Waals surface area contributed by atoms with Crippen LogP contribution in [0.1, 0.15) is 0 Å². The highest BCUT2D eigenvalue weighted by Crippen LogP contribution is 1.95. The molecule has 0 aliphatic rings. The van der Waals surface area contributed by atoms with Crippen LogP contribution >= 0.6 is 11.6 Å². The van der Waals surface area contributed by atoms with Crippen molar-refractivity contribution in [2.45, 2.75) is 6.10 Å². The minimum absolute atomic E-state index is 0.377. The van der Waals surface area contributed by atoms with Crippen molar-refractivity contribution in [1.82, 2.24) is 0 Å². The number of alkyl halides is 1. The number of ether oxygens (including phenoxy) is 1. The van der Waals surface area contributed by atoms with E-state index in [1.807, 2.05) is 21.1 Å². The molecule has 0 bridgehead atoms. The molecule has 12 heavy (non-hydrogen) atoms. The number of halogens is 1. The number of aliphatic hydroxyl groups is 1. The van der Waals surface area contributed by atoms with Crippen molar-refractivity contribution in [2.24, 2.45) is 0 Å². The molecule has 0 aliphatic carbocycles. The van der Waals surface area contributed by atoms with Crippen LogP contribution in [0.5, 0.6) is 0 Å². The van der Waals surface area contributed by atoms with Crippen LogP contribution in [0.15, 0.2) is 0 Å². The number of aliphatic hydroxyl groups excluding tert-OH is 1. The van der Waals surface area contributed by atoms with E-state index in [1.165, 1.54) is 0 Å². The topological polar surface area (TPSA) is 29.5 Å². The van der Waals surface area contributed by atoms with Gasteiger partial charge in [-0.2, -0.15) is 0 Å². The lowest BCUT2D eigenvalue weighted by Gasteiger charge is -2.26. The molecular weight excluding hydrogens is 178 g/mol. The number of quaternary nitrogens is 1. The van der Waals surface area contributed by atoms with Crippen LogP contribution in [0.2, 0.25) is 0 Å². The summed E-state index contributed by atoms with van der Waals surface area (Å²) in [5, 5.41) is 9.43. The summed E-state index contributed by atoms with van der Waals surface area (Å²) in [6, 6.07) is 0. The second-order valence-electron chi connectivity index (χ2n) is 3.89. The van der Waals surface area contributed by atoms with Gasteiger partial charge in [0.05, 0.1) is 34.4 Å². The Bertz CT molecular complexity index is 114. The van der Waals surface area contributed by atoms with Crippen molar-refractivity contribution >= 4 is 11.6 Å². The van der Waals surface area contributed by atoms with Gasteiger partial charge in [0.2, 0.25) is 0 Å². The zero-order valence-corrected chi connectivity index (χ0v) is 8.84. The summed E-state index contributed by atoms with van der Waals surface area (Å²) in [7, 11) is 6.10. The fraction of sp³-hybridized carbons (Fsp3) is 1.00. The number of likely N-dealkylation sites (N-methyl/N-ethyl adjacent to an activating group) is 1. The molecule has 0 amide bonds. The maximum absolute atomic E-state index is 9.43. The molecule has 1 N–H and O–H groups in total. The van der Waals surface area contributed by atoms with E-state index < -0.39 is 6.10 Å². The van der Waals surface area contributed by atoms with Gasteiger partial charge in [0, 0.05) is 5.88 Å². The SMILES string of the molecule is C[N+](C)(C)CC(O)COCCCl. The number of hydrogen-bond donors (Lipinski definition) is 1. The summed E-state index contributed by atoms with van der Waals surface area (Å²) in [5.74, 6) is 0.483. The van der Waals surface area contributed by atoms with Gasteiger partial charge in [-0.3, -0.25) is 0 Å². The Labute approximate surface area is 79.5 Å². The average molecular weight is 197 g/mol. The van der Waals surface area contributed by atoms with Crippen LogP contribution in [-0.4, -0.2) is 62.5 Å². The van der Waals surface area contributed by atoms with E-state index in [9.17, 15) is 5.11 Å². The first-order valence-electron chi connectivity index (χ1n) is 4.08. The highest BCUT2D eigenvalue weighted by Gasteiger charge is 2.14. The van der Waals surface area contributed by atoms with Crippen molar-refractivity contribution in [3.05, 3.63) is 0 Å². The Morgan fingerprint density at radius 3 is 2.42 bits per heavy atom. The number of hydrogen-bond acceptors (Lipinski definition) is 2. The van der Waals surface area contributed by atoms with E-state index in [-0.39, 0.29) is 0 Å². The zero-order valence-electron chi connectivity index (χ0n) is 8.09. The third kappa shape index (κ3) is 8.27. The molecule has 0 aromatic carbocycles. The quantitative estimate of drug-likeness (QED) is 0.377. The first-order valence-corrected chi connectivity index (χ1v) is 4.61. The third-order valence-corrected chi connectivity index (χ3v) is 1.44. The monoisotopic (exact) mass is 196 g/mol. The second kappa shape index (κ2) is 5.75. The van der Waals surface area contributed by atoms with Gasteiger partial charge in [-0.25, -0.2) is 0 Å². The van der Waals surface area contributed by atoms with Crippen LogP contribution in [-0.2, 0) is 4.74 Å². The van der Waals surface area contributed by atoms with Crippen molar-refractivity contribution < 1.29 is 14.3 Å². The fourth-order valence-corrected chi connectivity index (χ4v) is 1.07. The van der Waals surface area contributed by atoms with E-state index >= 15 is 0 Å². The standard InChI is InChI=1S/C8H19ClNO2/c1-10(2,3)6-8(11)7-12-5-4-9/h8,11H,4-7H2,1-3H3/q+1. The molecule has 0 saturated carbocycles. The van der Waals surface area contributed by atoms with Gasteiger partial charge in [-0.15, -0.1) is 11.6 Å². The minimum atomic E-state index is -0.395. The Kier molecular flexibility index (Phi) is 5.84. The van der Waals surface area contributed by atoms with Crippen molar-refractivity contribution in [2.75, 3.05) is 46.8 Å². The first kappa shape index (κ1) is 12.2. The van der Waals surface area contributed by atoms with Gasteiger partial charge < -0.3 is 14.3 Å². The van der Waals surface area contributed by atoms with E-state index in [1.54, 1.807) is 0 Å². The molecule has 0 heterocycles. The smallest absolute Gasteiger partial charge is 0.126 e. The summed E-state index contributed by atoms with van der Waals surface area (Å²) < 4.78 is 5.84. The lowest BCUT2D eigenvalue weighted by atomic mass is 10.3. The lowest BCUT2D eigenvalue weighted by Crippen LogP contribution is -2.43.